The average molecular weight is 446 g/mol. The summed E-state index contributed by atoms with van der Waals surface area (Å²) >= 11 is 0. The van der Waals surface area contributed by atoms with Crippen molar-refractivity contribution >= 4 is 27.3 Å². The van der Waals surface area contributed by atoms with Gasteiger partial charge in [0.05, 0.1) is 29.5 Å². The van der Waals surface area contributed by atoms with Gasteiger partial charge in [0.15, 0.2) is 0 Å². The zero-order valence-electron chi connectivity index (χ0n) is 18.3. The summed E-state index contributed by atoms with van der Waals surface area (Å²) in [5, 5.41) is 6.20. The molecule has 3 rings (SSSR count). The molecule has 0 bridgehead atoms. The van der Waals surface area contributed by atoms with Gasteiger partial charge in [0.1, 0.15) is 0 Å². The van der Waals surface area contributed by atoms with Crippen molar-refractivity contribution in [2.24, 2.45) is 5.92 Å². The van der Waals surface area contributed by atoms with Gasteiger partial charge in [0.25, 0.3) is 5.91 Å². The number of ether oxygens (including phenoxy) is 1. The van der Waals surface area contributed by atoms with Crippen molar-refractivity contribution in [3.05, 3.63) is 53.6 Å². The topological polar surface area (TPSA) is 87.7 Å². The Hall–Kier alpha value is -2.42. The molecule has 1 amide bonds. The van der Waals surface area contributed by atoms with Crippen LogP contribution in [-0.2, 0) is 21.2 Å². The highest BCUT2D eigenvalue weighted by Gasteiger charge is 2.27. The Morgan fingerprint density at radius 1 is 1.06 bits per heavy atom. The van der Waals surface area contributed by atoms with Crippen molar-refractivity contribution in [1.29, 1.82) is 0 Å². The Labute approximate surface area is 184 Å². The molecule has 1 aliphatic rings. The molecule has 2 aromatic carbocycles. The number of aryl methyl sites for hydroxylation is 1. The molecule has 0 aliphatic carbocycles. The molecule has 1 heterocycles. The number of carbonyl (C=O) groups is 1. The molecule has 2 aromatic rings. The predicted octanol–water partition coefficient (Wildman–Crippen LogP) is 3.59. The lowest BCUT2D eigenvalue weighted by Crippen LogP contribution is -2.40. The molecule has 1 saturated heterocycles. The third-order valence-electron chi connectivity index (χ3n) is 5.17. The lowest BCUT2D eigenvalue weighted by Gasteiger charge is -2.26. The lowest BCUT2D eigenvalue weighted by atomic mass is 10.1. The molecule has 1 fully saturated rings. The van der Waals surface area contributed by atoms with Crippen LogP contribution in [-0.4, -0.2) is 51.5 Å². The molecular formula is C23H31N3O4S. The van der Waals surface area contributed by atoms with Gasteiger partial charge in [-0.05, 0) is 48.2 Å². The van der Waals surface area contributed by atoms with Gasteiger partial charge >= 0.3 is 0 Å². The van der Waals surface area contributed by atoms with Gasteiger partial charge in [0.2, 0.25) is 10.0 Å². The molecule has 31 heavy (non-hydrogen) atoms. The summed E-state index contributed by atoms with van der Waals surface area (Å²) < 4.78 is 32.9. The summed E-state index contributed by atoms with van der Waals surface area (Å²) in [5.41, 5.74) is 2.80. The molecular weight excluding hydrogens is 414 g/mol. The molecule has 0 aromatic heterocycles. The van der Waals surface area contributed by atoms with Gasteiger partial charge in [-0.15, -0.1) is 0 Å². The van der Waals surface area contributed by atoms with Crippen LogP contribution in [0.3, 0.4) is 0 Å². The maximum atomic E-state index is 13.1. The minimum Gasteiger partial charge on any atom is -0.383 e. The van der Waals surface area contributed by atoms with E-state index < -0.39 is 10.0 Å². The minimum atomic E-state index is -3.67. The smallest absolute Gasteiger partial charge is 0.255 e. The van der Waals surface area contributed by atoms with Crippen LogP contribution in [0.1, 0.15) is 36.7 Å². The zero-order chi connectivity index (χ0) is 22.4. The van der Waals surface area contributed by atoms with Crippen molar-refractivity contribution in [2.45, 2.75) is 32.1 Å². The molecule has 8 heteroatoms. The summed E-state index contributed by atoms with van der Waals surface area (Å²) in [6.45, 7) is 8.32. The third kappa shape index (κ3) is 5.84. The largest absolute Gasteiger partial charge is 0.383 e. The number of sulfonamides is 1. The Balaban J connectivity index is 1.90. The summed E-state index contributed by atoms with van der Waals surface area (Å²) in [5.74, 6) is 0.109. The molecule has 1 aliphatic heterocycles. The summed E-state index contributed by atoms with van der Waals surface area (Å²) in [6.07, 6.45) is 0.895. The van der Waals surface area contributed by atoms with E-state index in [-0.39, 0.29) is 10.8 Å². The van der Waals surface area contributed by atoms with Crippen LogP contribution in [0.4, 0.5) is 11.4 Å². The molecule has 0 radical (unpaired) electrons. The SMILES string of the molecule is CCc1ccc(C(=O)Nc2cc(S(=O)(=O)N3CCOCC3)ccc2NCC(C)C)cc1. The second-order valence-corrected chi connectivity index (χ2v) is 9.94. The van der Waals surface area contributed by atoms with E-state index in [2.05, 4.69) is 31.4 Å². The van der Waals surface area contributed by atoms with E-state index in [4.69, 9.17) is 4.74 Å². The predicted molar refractivity (Wildman–Crippen MR) is 123 cm³/mol. The van der Waals surface area contributed by atoms with Gasteiger partial charge in [-0.1, -0.05) is 32.9 Å². The fourth-order valence-electron chi connectivity index (χ4n) is 3.28. The standard InChI is InChI=1S/C23H31N3O4S/c1-4-18-5-7-19(8-6-18)23(27)25-22-15-20(9-10-21(22)24-16-17(2)3)31(28,29)26-11-13-30-14-12-26/h5-10,15,17,24H,4,11-14,16H2,1-3H3,(H,25,27). The maximum absolute atomic E-state index is 13.1. The van der Waals surface area contributed by atoms with E-state index in [1.807, 2.05) is 12.1 Å². The van der Waals surface area contributed by atoms with Gasteiger partial charge in [0, 0.05) is 25.2 Å². The Morgan fingerprint density at radius 2 is 1.74 bits per heavy atom. The van der Waals surface area contributed by atoms with Crippen molar-refractivity contribution in [1.82, 2.24) is 4.31 Å². The van der Waals surface area contributed by atoms with Crippen LogP contribution in [0, 0.1) is 5.92 Å². The Morgan fingerprint density at radius 3 is 2.35 bits per heavy atom. The van der Waals surface area contributed by atoms with E-state index in [0.717, 1.165) is 12.0 Å². The number of nitrogens with zero attached hydrogens (tertiary/aromatic N) is 1. The highest BCUT2D eigenvalue weighted by atomic mass is 32.2. The highest BCUT2D eigenvalue weighted by molar-refractivity contribution is 7.89. The first kappa shape index (κ1) is 23.2. The molecule has 168 valence electrons. The van der Waals surface area contributed by atoms with Crippen LogP contribution in [0.5, 0.6) is 0 Å². The van der Waals surface area contributed by atoms with Crippen LogP contribution >= 0.6 is 0 Å². The number of rotatable bonds is 8. The first-order valence-electron chi connectivity index (χ1n) is 10.7. The Kier molecular flexibility index (Phi) is 7.69. The van der Waals surface area contributed by atoms with E-state index >= 15 is 0 Å². The van der Waals surface area contributed by atoms with Crippen LogP contribution < -0.4 is 10.6 Å². The highest BCUT2D eigenvalue weighted by Crippen LogP contribution is 2.28. The van der Waals surface area contributed by atoms with Crippen LogP contribution in [0.15, 0.2) is 47.4 Å². The fraction of sp³-hybridized carbons (Fsp3) is 0.435. The number of carbonyl (C=O) groups excluding carboxylic acids is 1. The molecule has 0 atom stereocenters. The molecule has 0 spiro atoms. The first-order valence-corrected chi connectivity index (χ1v) is 12.1. The second-order valence-electron chi connectivity index (χ2n) is 8.00. The molecule has 0 unspecified atom stereocenters. The summed E-state index contributed by atoms with van der Waals surface area (Å²) in [7, 11) is -3.67. The number of hydrogen-bond donors (Lipinski definition) is 2. The fourth-order valence-corrected chi connectivity index (χ4v) is 4.71. The van der Waals surface area contributed by atoms with Crippen molar-refractivity contribution in [3.63, 3.8) is 0 Å². The van der Waals surface area contributed by atoms with Gasteiger partial charge in [-0.3, -0.25) is 4.79 Å². The van der Waals surface area contributed by atoms with Gasteiger partial charge in [-0.25, -0.2) is 8.42 Å². The summed E-state index contributed by atoms with van der Waals surface area (Å²) in [6, 6.07) is 12.2. The van der Waals surface area contributed by atoms with Crippen LogP contribution in [0.2, 0.25) is 0 Å². The zero-order valence-corrected chi connectivity index (χ0v) is 19.2. The molecule has 7 nitrogen and oxygen atoms in total. The van der Waals surface area contributed by atoms with Crippen molar-refractivity contribution < 1.29 is 17.9 Å². The number of nitrogens with one attached hydrogen (secondary N) is 2. The Bertz CT molecular complexity index is 998. The molecule has 0 saturated carbocycles. The van der Waals surface area contributed by atoms with E-state index in [9.17, 15) is 13.2 Å². The maximum Gasteiger partial charge on any atom is 0.255 e. The van der Waals surface area contributed by atoms with Gasteiger partial charge < -0.3 is 15.4 Å². The van der Waals surface area contributed by atoms with E-state index in [1.165, 1.54) is 10.4 Å². The minimum absolute atomic E-state index is 0.154. The summed E-state index contributed by atoms with van der Waals surface area (Å²) in [4.78, 5) is 13.0. The number of anilines is 2. The second kappa shape index (κ2) is 10.3. The molecule has 2 N–H and O–H groups in total. The normalized spacial score (nSPS) is 15.1. The van der Waals surface area contributed by atoms with Crippen LogP contribution in [0.25, 0.3) is 0 Å². The number of amides is 1. The number of morpholine rings is 1. The monoisotopic (exact) mass is 445 g/mol. The van der Waals surface area contributed by atoms with Crippen molar-refractivity contribution in [2.75, 3.05) is 43.5 Å². The number of hydrogen-bond acceptors (Lipinski definition) is 5. The van der Waals surface area contributed by atoms with Gasteiger partial charge in [-0.2, -0.15) is 4.31 Å². The van der Waals surface area contributed by atoms with E-state index in [1.54, 1.807) is 24.3 Å². The lowest BCUT2D eigenvalue weighted by molar-refractivity contribution is 0.0730. The van der Waals surface area contributed by atoms with Crippen molar-refractivity contribution in [3.8, 4) is 0 Å². The number of benzene rings is 2. The average Bonchev–Trinajstić information content (AvgIpc) is 2.78. The van der Waals surface area contributed by atoms with E-state index in [0.29, 0.717) is 55.7 Å². The third-order valence-corrected chi connectivity index (χ3v) is 7.07. The first-order chi connectivity index (χ1) is 14.8. The quantitative estimate of drug-likeness (QED) is 0.648.